The summed E-state index contributed by atoms with van der Waals surface area (Å²) >= 11 is 12.2. The number of benzene rings is 3. The van der Waals surface area contributed by atoms with E-state index >= 15 is 0 Å². The van der Waals surface area contributed by atoms with Crippen molar-refractivity contribution < 1.29 is 27.1 Å². The highest BCUT2D eigenvalue weighted by Gasteiger charge is 2.65. The number of aryl methyl sites for hydroxylation is 1. The second-order valence-corrected chi connectivity index (χ2v) is 15.1. The zero-order valence-corrected chi connectivity index (χ0v) is 28.1. The Kier molecular flexibility index (Phi) is 9.64. The van der Waals surface area contributed by atoms with Crippen molar-refractivity contribution >= 4 is 55.8 Å². The Morgan fingerprint density at radius 3 is 2.55 bits per heavy atom. The molecule has 6 rings (SSSR count). The van der Waals surface area contributed by atoms with Gasteiger partial charge in [0.1, 0.15) is 5.82 Å². The molecule has 9 nitrogen and oxygen atoms in total. The molecule has 47 heavy (non-hydrogen) atoms. The van der Waals surface area contributed by atoms with Gasteiger partial charge >= 0.3 is 0 Å². The van der Waals surface area contributed by atoms with E-state index in [1.807, 2.05) is 6.92 Å². The van der Waals surface area contributed by atoms with Crippen LogP contribution in [-0.2, 0) is 30.7 Å². The highest BCUT2D eigenvalue weighted by atomic mass is 35.5. The summed E-state index contributed by atoms with van der Waals surface area (Å²) in [5.74, 6) is -2.01. The Morgan fingerprint density at radius 2 is 1.83 bits per heavy atom. The highest BCUT2D eigenvalue weighted by Crippen LogP contribution is 2.51. The van der Waals surface area contributed by atoms with E-state index in [0.29, 0.717) is 53.2 Å². The second kappa shape index (κ2) is 13.6. The van der Waals surface area contributed by atoms with Gasteiger partial charge < -0.3 is 19.9 Å². The molecule has 0 aliphatic carbocycles. The summed E-state index contributed by atoms with van der Waals surface area (Å²) in [5.41, 5.74) is 2.26. The number of hydrogen-bond acceptors (Lipinski definition) is 6. The minimum absolute atomic E-state index is 0.0772. The van der Waals surface area contributed by atoms with Crippen LogP contribution in [0.1, 0.15) is 35.6 Å². The molecule has 3 aromatic carbocycles. The monoisotopic (exact) mass is 700 g/mol. The third-order valence-corrected chi connectivity index (χ3v) is 12.0. The number of morpholine rings is 1. The van der Waals surface area contributed by atoms with Crippen LogP contribution in [0.5, 0.6) is 0 Å². The Balaban J connectivity index is 1.47. The lowest BCUT2D eigenvalue weighted by atomic mass is 9.91. The van der Waals surface area contributed by atoms with E-state index in [2.05, 4.69) is 15.2 Å². The molecule has 2 atom stereocenters. The number of carbonyl (C=O) groups is 2. The molecule has 2 amide bonds. The Morgan fingerprint density at radius 1 is 1.09 bits per heavy atom. The molecule has 2 fully saturated rings. The van der Waals surface area contributed by atoms with Crippen LogP contribution in [-0.4, -0.2) is 79.2 Å². The van der Waals surface area contributed by atoms with Crippen LogP contribution >= 0.6 is 23.2 Å². The van der Waals surface area contributed by atoms with Gasteiger partial charge in [-0.3, -0.25) is 14.5 Å². The van der Waals surface area contributed by atoms with E-state index in [4.69, 9.17) is 27.9 Å². The number of ether oxygens (including phenoxy) is 1. The van der Waals surface area contributed by atoms with Crippen LogP contribution in [0, 0.1) is 12.7 Å². The highest BCUT2D eigenvalue weighted by molar-refractivity contribution is 7.93. The van der Waals surface area contributed by atoms with Gasteiger partial charge in [0.25, 0.3) is 0 Å². The summed E-state index contributed by atoms with van der Waals surface area (Å²) in [6.07, 6.45) is 1.58. The van der Waals surface area contributed by atoms with Crippen LogP contribution in [0.4, 0.5) is 4.39 Å². The second-order valence-electron chi connectivity index (χ2n) is 12.1. The smallest absolute Gasteiger partial charge is 0.244 e. The number of fused-ring (bicyclic) bond motifs is 1. The molecule has 4 aromatic rings. The van der Waals surface area contributed by atoms with Crippen molar-refractivity contribution in [2.45, 2.75) is 42.0 Å². The first-order valence-electron chi connectivity index (χ1n) is 15.4. The molecule has 2 unspecified atom stereocenters. The third kappa shape index (κ3) is 6.39. The van der Waals surface area contributed by atoms with Crippen LogP contribution in [0.25, 0.3) is 10.9 Å². The molecule has 0 bridgehead atoms. The maximum atomic E-state index is 15.0. The zero-order chi connectivity index (χ0) is 33.3. The molecule has 3 heterocycles. The summed E-state index contributed by atoms with van der Waals surface area (Å²) in [6.45, 7) is 5.40. The molecule has 1 aromatic heterocycles. The van der Waals surface area contributed by atoms with Gasteiger partial charge in [-0.2, -0.15) is 0 Å². The van der Waals surface area contributed by atoms with E-state index < -0.39 is 44.7 Å². The fraction of sp³-hybridized carbons (Fsp3) is 0.353. The summed E-state index contributed by atoms with van der Waals surface area (Å²) in [6, 6.07) is 14.2. The summed E-state index contributed by atoms with van der Waals surface area (Å²) in [7, 11) is -4.54. The quantitative estimate of drug-likeness (QED) is 0.213. The number of hydrogen-bond donors (Lipinski definition) is 2. The first-order chi connectivity index (χ1) is 22.5. The van der Waals surface area contributed by atoms with Crippen molar-refractivity contribution in [2.75, 3.05) is 39.4 Å². The number of nitrogens with zero attached hydrogens (tertiary/aromatic N) is 2. The zero-order valence-electron chi connectivity index (χ0n) is 25.8. The molecule has 2 aliphatic rings. The van der Waals surface area contributed by atoms with Crippen molar-refractivity contribution in [3.05, 3.63) is 99.4 Å². The summed E-state index contributed by atoms with van der Waals surface area (Å²) < 4.78 is 47.6. The minimum Gasteiger partial charge on any atom is -0.379 e. The molecular weight excluding hydrogens is 666 g/mol. The van der Waals surface area contributed by atoms with Crippen molar-refractivity contribution in [1.29, 1.82) is 0 Å². The van der Waals surface area contributed by atoms with Gasteiger partial charge in [-0.15, -0.1) is 0 Å². The number of likely N-dealkylation sites (tertiary alicyclic amines) is 1. The SMILES string of the molecule is Cc1ccc(S(=O)(=O)C2(C(=O)NCCCN3CCOCC3)CC(=O)N(Cc3ccc(Cl)c(F)c3)C2c2c[nH]c3cc(Cl)ccc23)cc1. The maximum Gasteiger partial charge on any atom is 0.244 e. The summed E-state index contributed by atoms with van der Waals surface area (Å²) in [5, 5.41) is 3.87. The van der Waals surface area contributed by atoms with E-state index in [0.717, 1.165) is 18.7 Å². The van der Waals surface area contributed by atoms with Crippen molar-refractivity contribution in [2.24, 2.45) is 0 Å². The number of sulfone groups is 1. The predicted octanol–water partition coefficient (Wildman–Crippen LogP) is 5.45. The lowest BCUT2D eigenvalue weighted by molar-refractivity contribution is -0.129. The number of carbonyl (C=O) groups excluding carboxylic acids is 2. The maximum absolute atomic E-state index is 15.0. The first kappa shape index (κ1) is 33.4. The van der Waals surface area contributed by atoms with Crippen LogP contribution in [0.3, 0.4) is 0 Å². The van der Waals surface area contributed by atoms with Gasteiger partial charge in [0.05, 0.1) is 35.6 Å². The number of nitrogens with one attached hydrogen (secondary N) is 2. The number of amides is 2. The van der Waals surface area contributed by atoms with Gasteiger partial charge in [0, 0.05) is 53.9 Å². The van der Waals surface area contributed by atoms with E-state index in [1.165, 1.54) is 29.2 Å². The number of halogens is 3. The predicted molar refractivity (Wildman–Crippen MR) is 179 cm³/mol. The molecule has 0 saturated carbocycles. The molecule has 13 heteroatoms. The number of aromatic nitrogens is 1. The molecule has 2 aliphatic heterocycles. The molecular formula is C34H35Cl2FN4O5S. The topological polar surface area (TPSA) is 112 Å². The number of H-pyrrole nitrogens is 1. The van der Waals surface area contributed by atoms with Gasteiger partial charge in [-0.05, 0) is 61.9 Å². The van der Waals surface area contributed by atoms with Crippen LogP contribution < -0.4 is 5.32 Å². The van der Waals surface area contributed by atoms with Crippen molar-refractivity contribution in [1.82, 2.24) is 20.1 Å². The van der Waals surface area contributed by atoms with Gasteiger partial charge in [0.15, 0.2) is 14.6 Å². The van der Waals surface area contributed by atoms with Crippen LogP contribution in [0.2, 0.25) is 10.0 Å². The van der Waals surface area contributed by atoms with Gasteiger partial charge in [0.2, 0.25) is 11.8 Å². The van der Waals surface area contributed by atoms with Crippen molar-refractivity contribution in [3.8, 4) is 0 Å². The molecule has 248 valence electrons. The normalized spacial score (nSPS) is 20.6. The largest absolute Gasteiger partial charge is 0.379 e. The van der Waals surface area contributed by atoms with Gasteiger partial charge in [-0.25, -0.2) is 12.8 Å². The Bertz CT molecular complexity index is 1910. The minimum atomic E-state index is -4.54. The fourth-order valence-electron chi connectivity index (χ4n) is 6.57. The summed E-state index contributed by atoms with van der Waals surface area (Å²) in [4.78, 5) is 35.4. The lowest BCUT2D eigenvalue weighted by Crippen LogP contribution is -2.56. The number of aromatic amines is 1. The number of rotatable bonds is 10. The van der Waals surface area contributed by atoms with E-state index in [1.54, 1.807) is 42.6 Å². The Labute approximate surface area is 282 Å². The van der Waals surface area contributed by atoms with Gasteiger partial charge in [-0.1, -0.05) is 53.0 Å². The average Bonchev–Trinajstić information content (AvgIpc) is 3.59. The standard InChI is InChI=1S/C34H35Cl2FN4O5S/c1-22-3-7-25(8-4-22)47(44,45)34(33(43)38-11-2-12-40-13-15-46-16-14-40)19-31(42)41(21-23-5-10-28(36)29(37)17-23)32(34)27-20-39-30-18-24(35)6-9-26(27)30/h3-10,17-18,20,32,39H,2,11-16,19,21H2,1H3,(H,38,43). The third-order valence-electron chi connectivity index (χ3n) is 9.03. The molecule has 0 radical (unpaired) electrons. The first-order valence-corrected chi connectivity index (χ1v) is 17.6. The lowest BCUT2D eigenvalue weighted by Gasteiger charge is -2.36. The molecule has 2 saturated heterocycles. The Hall–Kier alpha value is -3.48. The molecule has 2 N–H and O–H groups in total. The van der Waals surface area contributed by atoms with Crippen LogP contribution in [0.15, 0.2) is 71.8 Å². The molecule has 0 spiro atoms. The van der Waals surface area contributed by atoms with E-state index in [9.17, 15) is 22.4 Å². The fourth-order valence-corrected chi connectivity index (χ4v) is 8.96. The van der Waals surface area contributed by atoms with Crippen molar-refractivity contribution in [3.63, 3.8) is 0 Å². The average molecular weight is 702 g/mol. The van der Waals surface area contributed by atoms with E-state index in [-0.39, 0.29) is 23.0 Å².